The predicted molar refractivity (Wildman–Crippen MR) is 128 cm³/mol. The Morgan fingerprint density at radius 2 is 1.61 bits per heavy atom. The van der Waals surface area contributed by atoms with Gasteiger partial charge in [-0.15, -0.1) is 0 Å². The molecule has 0 radical (unpaired) electrons. The zero-order valence-electron chi connectivity index (χ0n) is 19.2. The first-order valence-corrected chi connectivity index (χ1v) is 11.7. The summed E-state index contributed by atoms with van der Waals surface area (Å²) in [6.07, 6.45) is -4.59. The molecule has 0 atom stereocenters. The van der Waals surface area contributed by atoms with Crippen molar-refractivity contribution < 1.29 is 27.5 Å². The number of pyridine rings is 1. The van der Waals surface area contributed by atoms with Crippen LogP contribution in [0.5, 0.6) is 0 Å². The van der Waals surface area contributed by atoms with Crippen LogP contribution in [0.25, 0.3) is 11.0 Å². The number of nitrogens with zero attached hydrogens (tertiary/aromatic N) is 5. The largest absolute Gasteiger partial charge is 0.461 e. The molecule has 0 aliphatic carbocycles. The van der Waals surface area contributed by atoms with Crippen LogP contribution in [0.2, 0.25) is 10.0 Å². The average Bonchev–Trinajstić information content (AvgIpc) is 2.83. The smallest absolute Gasteiger partial charge is 0.433 e. The first kappa shape index (κ1) is 25.9. The van der Waals surface area contributed by atoms with Gasteiger partial charge in [-0.1, -0.05) is 23.2 Å². The van der Waals surface area contributed by atoms with Crippen molar-refractivity contribution in [2.45, 2.75) is 20.0 Å². The molecule has 1 aromatic carbocycles. The van der Waals surface area contributed by atoms with Crippen molar-refractivity contribution in [1.29, 1.82) is 0 Å². The molecular formula is C23H20Cl2F3N5O3. The minimum atomic E-state index is -4.59. The van der Waals surface area contributed by atoms with E-state index in [-0.39, 0.29) is 52.5 Å². The van der Waals surface area contributed by atoms with Crippen molar-refractivity contribution in [2.75, 3.05) is 37.7 Å². The van der Waals surface area contributed by atoms with Crippen LogP contribution in [0.4, 0.5) is 19.0 Å². The summed E-state index contributed by atoms with van der Waals surface area (Å²) in [6, 6.07) is 4.99. The first-order chi connectivity index (χ1) is 17.0. The van der Waals surface area contributed by atoms with Crippen LogP contribution >= 0.6 is 23.2 Å². The monoisotopic (exact) mass is 541 g/mol. The van der Waals surface area contributed by atoms with E-state index < -0.39 is 23.7 Å². The summed E-state index contributed by atoms with van der Waals surface area (Å²) in [5.74, 6) is -0.804. The molecule has 1 amide bonds. The van der Waals surface area contributed by atoms with Crippen LogP contribution in [0.1, 0.15) is 39.2 Å². The van der Waals surface area contributed by atoms with Gasteiger partial charge in [0.25, 0.3) is 5.91 Å². The molecule has 2 aromatic heterocycles. The molecule has 190 valence electrons. The number of aryl methyl sites for hydroxylation is 1. The van der Waals surface area contributed by atoms with Gasteiger partial charge in [0, 0.05) is 26.2 Å². The number of halogens is 5. The fourth-order valence-corrected chi connectivity index (χ4v) is 4.15. The molecule has 1 aliphatic heterocycles. The number of anilines is 1. The van der Waals surface area contributed by atoms with E-state index in [0.29, 0.717) is 24.1 Å². The number of aromatic nitrogens is 3. The number of fused-ring (bicyclic) bond motifs is 1. The number of piperazine rings is 1. The Morgan fingerprint density at radius 1 is 1.00 bits per heavy atom. The minimum absolute atomic E-state index is 0.00205. The quantitative estimate of drug-likeness (QED) is 0.438. The van der Waals surface area contributed by atoms with Gasteiger partial charge in [-0.2, -0.15) is 13.2 Å². The molecule has 0 unspecified atom stereocenters. The molecule has 0 saturated carbocycles. The molecule has 4 rings (SSSR count). The third kappa shape index (κ3) is 5.17. The average molecular weight is 542 g/mol. The van der Waals surface area contributed by atoms with Crippen molar-refractivity contribution in [3.63, 3.8) is 0 Å². The second-order valence-corrected chi connectivity index (χ2v) is 8.79. The summed E-state index contributed by atoms with van der Waals surface area (Å²) in [5.41, 5.74) is -0.152. The van der Waals surface area contributed by atoms with Gasteiger partial charge < -0.3 is 14.5 Å². The van der Waals surface area contributed by atoms with Gasteiger partial charge in [-0.25, -0.2) is 19.7 Å². The van der Waals surface area contributed by atoms with E-state index in [1.54, 1.807) is 17.9 Å². The topological polar surface area (TPSA) is 88.5 Å². The Balaban J connectivity index is 1.58. The maximum absolute atomic E-state index is 13.0. The second kappa shape index (κ2) is 10.1. The van der Waals surface area contributed by atoms with Crippen molar-refractivity contribution in [1.82, 2.24) is 19.9 Å². The van der Waals surface area contributed by atoms with Crippen molar-refractivity contribution in [3.8, 4) is 0 Å². The van der Waals surface area contributed by atoms with Crippen LogP contribution in [-0.2, 0) is 10.9 Å². The standard InChI is InChI=1S/C23H20Cl2F3N5O3/c1-3-36-22(35)19-20(31-17-11-15(25)14(24)10-16(17)30-19)32-6-8-33(9-7-32)21(34)13-4-5-18(23(26,27)28)29-12(13)2/h4-5,10-11H,3,6-9H2,1-2H3. The van der Waals surface area contributed by atoms with E-state index >= 15 is 0 Å². The molecular weight excluding hydrogens is 522 g/mol. The van der Waals surface area contributed by atoms with E-state index in [1.807, 2.05) is 0 Å². The normalized spacial score (nSPS) is 14.3. The van der Waals surface area contributed by atoms with Gasteiger partial charge in [-0.3, -0.25) is 4.79 Å². The Hall–Kier alpha value is -3.18. The highest BCUT2D eigenvalue weighted by atomic mass is 35.5. The Kier molecular flexibility index (Phi) is 7.24. The number of hydrogen-bond donors (Lipinski definition) is 0. The van der Waals surface area contributed by atoms with E-state index in [1.165, 1.54) is 17.9 Å². The van der Waals surface area contributed by atoms with Crippen molar-refractivity contribution in [3.05, 3.63) is 57.0 Å². The molecule has 3 heterocycles. The zero-order valence-corrected chi connectivity index (χ0v) is 20.7. The van der Waals surface area contributed by atoms with E-state index in [0.717, 1.165) is 12.1 Å². The van der Waals surface area contributed by atoms with Crippen LogP contribution in [0.3, 0.4) is 0 Å². The van der Waals surface area contributed by atoms with Crippen LogP contribution in [0.15, 0.2) is 24.3 Å². The van der Waals surface area contributed by atoms with Gasteiger partial charge in [-0.05, 0) is 38.1 Å². The summed E-state index contributed by atoms with van der Waals surface area (Å²) in [5, 5.41) is 0.547. The van der Waals surface area contributed by atoms with E-state index in [4.69, 9.17) is 27.9 Å². The summed E-state index contributed by atoms with van der Waals surface area (Å²) in [4.78, 5) is 41.5. The number of esters is 1. The third-order valence-electron chi connectivity index (χ3n) is 5.63. The second-order valence-electron chi connectivity index (χ2n) is 7.98. The van der Waals surface area contributed by atoms with Gasteiger partial charge in [0.1, 0.15) is 5.69 Å². The third-order valence-corrected chi connectivity index (χ3v) is 6.35. The highest BCUT2D eigenvalue weighted by Crippen LogP contribution is 2.30. The number of alkyl halides is 3. The Bertz CT molecular complexity index is 1340. The van der Waals surface area contributed by atoms with Gasteiger partial charge in [0.2, 0.25) is 0 Å². The number of amides is 1. The number of rotatable bonds is 4. The summed E-state index contributed by atoms with van der Waals surface area (Å²) >= 11 is 12.2. The lowest BCUT2D eigenvalue weighted by Crippen LogP contribution is -2.49. The molecule has 8 nitrogen and oxygen atoms in total. The summed E-state index contributed by atoms with van der Waals surface area (Å²) in [6.45, 7) is 4.25. The van der Waals surface area contributed by atoms with E-state index in [2.05, 4.69) is 15.0 Å². The van der Waals surface area contributed by atoms with Crippen LogP contribution < -0.4 is 4.90 Å². The number of carbonyl (C=O) groups excluding carboxylic acids is 2. The maximum atomic E-state index is 13.0. The predicted octanol–water partition coefficient (Wildman–Crippen LogP) is 4.80. The lowest BCUT2D eigenvalue weighted by molar-refractivity contribution is -0.141. The first-order valence-electron chi connectivity index (χ1n) is 10.9. The number of benzene rings is 1. The molecule has 3 aromatic rings. The fourth-order valence-electron chi connectivity index (χ4n) is 3.84. The van der Waals surface area contributed by atoms with Crippen molar-refractivity contribution in [2.24, 2.45) is 0 Å². The molecule has 0 spiro atoms. The van der Waals surface area contributed by atoms with Gasteiger partial charge >= 0.3 is 12.1 Å². The lowest BCUT2D eigenvalue weighted by atomic mass is 10.1. The highest BCUT2D eigenvalue weighted by Gasteiger charge is 2.34. The Morgan fingerprint density at radius 3 is 2.17 bits per heavy atom. The number of hydrogen-bond acceptors (Lipinski definition) is 7. The van der Waals surface area contributed by atoms with Crippen LogP contribution in [-0.4, -0.2) is 64.5 Å². The molecule has 0 N–H and O–H groups in total. The number of carbonyl (C=O) groups is 2. The molecule has 1 aliphatic rings. The van der Waals surface area contributed by atoms with E-state index in [9.17, 15) is 22.8 Å². The maximum Gasteiger partial charge on any atom is 0.433 e. The SMILES string of the molecule is CCOC(=O)c1nc2cc(Cl)c(Cl)cc2nc1N1CCN(C(=O)c2ccc(C(F)(F)F)nc2C)CC1. The molecule has 1 fully saturated rings. The summed E-state index contributed by atoms with van der Waals surface area (Å²) in [7, 11) is 0. The Labute approximate surface area is 214 Å². The molecule has 0 bridgehead atoms. The van der Waals surface area contributed by atoms with Gasteiger partial charge in [0.05, 0.1) is 38.9 Å². The van der Waals surface area contributed by atoms with Crippen LogP contribution in [0, 0.1) is 6.92 Å². The van der Waals surface area contributed by atoms with Gasteiger partial charge in [0.15, 0.2) is 11.5 Å². The van der Waals surface area contributed by atoms with Crippen molar-refractivity contribution >= 4 is 51.9 Å². The highest BCUT2D eigenvalue weighted by molar-refractivity contribution is 6.42. The minimum Gasteiger partial charge on any atom is -0.461 e. The number of ether oxygens (including phenoxy) is 1. The fraction of sp³-hybridized carbons (Fsp3) is 0.348. The summed E-state index contributed by atoms with van der Waals surface area (Å²) < 4.78 is 43.9. The molecule has 13 heteroatoms. The lowest BCUT2D eigenvalue weighted by Gasteiger charge is -2.36. The zero-order chi connectivity index (χ0) is 26.2. The molecule has 1 saturated heterocycles. The molecule has 36 heavy (non-hydrogen) atoms.